The van der Waals surface area contributed by atoms with E-state index in [1.54, 1.807) is 6.07 Å². The zero-order valence-electron chi connectivity index (χ0n) is 12.1. The van der Waals surface area contributed by atoms with Crippen LogP contribution in [0.25, 0.3) is 5.00 Å². The van der Waals surface area contributed by atoms with Gasteiger partial charge < -0.3 is 10.2 Å². The van der Waals surface area contributed by atoms with Crippen molar-refractivity contribution in [3.05, 3.63) is 28.0 Å². The number of thiophene rings is 1. The average molecular weight is 322 g/mol. The molecule has 1 fully saturated rings. The fourth-order valence-electron chi connectivity index (χ4n) is 2.45. The van der Waals surface area contributed by atoms with Gasteiger partial charge in [0.2, 0.25) is 5.91 Å². The Morgan fingerprint density at radius 2 is 2.14 bits per heavy atom. The second kappa shape index (κ2) is 6.84. The SMILES string of the molecule is O=C(Cn1nnn(-c2cccs2)c1=O)NCCN1CCCC1. The minimum atomic E-state index is -0.405. The van der Waals surface area contributed by atoms with Gasteiger partial charge in [-0.15, -0.1) is 11.3 Å². The van der Waals surface area contributed by atoms with Crippen LogP contribution in [0.15, 0.2) is 22.3 Å². The molecule has 8 nitrogen and oxygen atoms in total. The number of nitrogens with one attached hydrogen (secondary N) is 1. The Labute approximate surface area is 131 Å². The van der Waals surface area contributed by atoms with Crippen LogP contribution >= 0.6 is 11.3 Å². The number of tetrazole rings is 1. The molecule has 2 aromatic heterocycles. The molecule has 1 aliphatic heterocycles. The highest BCUT2D eigenvalue weighted by Gasteiger charge is 2.14. The molecule has 1 saturated heterocycles. The summed E-state index contributed by atoms with van der Waals surface area (Å²) in [4.78, 5) is 26.3. The number of carbonyl (C=O) groups is 1. The first-order valence-corrected chi connectivity index (χ1v) is 8.18. The molecule has 0 aromatic carbocycles. The Morgan fingerprint density at radius 3 is 2.86 bits per heavy atom. The van der Waals surface area contributed by atoms with Gasteiger partial charge in [-0.25, -0.2) is 4.79 Å². The highest BCUT2D eigenvalue weighted by Crippen LogP contribution is 2.10. The van der Waals surface area contributed by atoms with Crippen molar-refractivity contribution in [1.82, 2.24) is 30.0 Å². The number of rotatable bonds is 6. The fourth-order valence-corrected chi connectivity index (χ4v) is 3.12. The molecule has 9 heteroatoms. The van der Waals surface area contributed by atoms with Crippen molar-refractivity contribution in [2.24, 2.45) is 0 Å². The molecular weight excluding hydrogens is 304 g/mol. The standard InChI is InChI=1S/C13H18N6O2S/c20-11(14-5-8-17-6-1-2-7-17)10-18-13(21)19(16-15-18)12-4-3-9-22-12/h3-4,9H,1-2,5-8,10H2,(H,14,20). The van der Waals surface area contributed by atoms with E-state index in [0.717, 1.165) is 24.3 Å². The molecule has 22 heavy (non-hydrogen) atoms. The van der Waals surface area contributed by atoms with Gasteiger partial charge >= 0.3 is 5.69 Å². The van der Waals surface area contributed by atoms with Crippen LogP contribution < -0.4 is 11.0 Å². The molecule has 3 heterocycles. The van der Waals surface area contributed by atoms with Crippen molar-refractivity contribution in [1.29, 1.82) is 0 Å². The summed E-state index contributed by atoms with van der Waals surface area (Å²) < 4.78 is 2.27. The monoisotopic (exact) mass is 322 g/mol. The van der Waals surface area contributed by atoms with Gasteiger partial charge in [-0.05, 0) is 53.9 Å². The first kappa shape index (κ1) is 14.9. The summed E-state index contributed by atoms with van der Waals surface area (Å²) in [6.07, 6.45) is 2.46. The van der Waals surface area contributed by atoms with Gasteiger partial charge in [-0.3, -0.25) is 4.79 Å². The van der Waals surface area contributed by atoms with Gasteiger partial charge in [0.25, 0.3) is 0 Å². The summed E-state index contributed by atoms with van der Waals surface area (Å²) in [5, 5.41) is 12.9. The molecule has 0 radical (unpaired) electrons. The van der Waals surface area contributed by atoms with E-state index in [2.05, 4.69) is 20.6 Å². The Balaban J connectivity index is 1.52. The zero-order chi connectivity index (χ0) is 15.4. The lowest BCUT2D eigenvalue weighted by atomic mass is 10.4. The van der Waals surface area contributed by atoms with Crippen molar-refractivity contribution in [2.45, 2.75) is 19.4 Å². The molecule has 2 aromatic rings. The first-order chi connectivity index (χ1) is 10.7. The van der Waals surface area contributed by atoms with Gasteiger partial charge in [0, 0.05) is 13.1 Å². The van der Waals surface area contributed by atoms with Gasteiger partial charge in [0.05, 0.1) is 0 Å². The van der Waals surface area contributed by atoms with Gasteiger partial charge in [0.15, 0.2) is 0 Å². The molecule has 0 aliphatic carbocycles. The highest BCUT2D eigenvalue weighted by molar-refractivity contribution is 7.12. The van der Waals surface area contributed by atoms with E-state index in [0.29, 0.717) is 11.5 Å². The lowest BCUT2D eigenvalue weighted by molar-refractivity contribution is -0.121. The summed E-state index contributed by atoms with van der Waals surface area (Å²) >= 11 is 1.39. The number of likely N-dealkylation sites (tertiary alicyclic amines) is 1. The van der Waals surface area contributed by atoms with Crippen LogP contribution in [0.2, 0.25) is 0 Å². The van der Waals surface area contributed by atoms with Crippen molar-refractivity contribution >= 4 is 17.2 Å². The van der Waals surface area contributed by atoms with Crippen LogP contribution in [0.5, 0.6) is 0 Å². The van der Waals surface area contributed by atoms with Crippen molar-refractivity contribution in [2.75, 3.05) is 26.2 Å². The van der Waals surface area contributed by atoms with Crippen molar-refractivity contribution in [3.8, 4) is 5.00 Å². The maximum Gasteiger partial charge on any atom is 0.369 e. The topological polar surface area (TPSA) is 85.0 Å². The minimum absolute atomic E-state index is 0.107. The molecule has 0 spiro atoms. The number of hydrogen-bond donors (Lipinski definition) is 1. The van der Waals surface area contributed by atoms with Gasteiger partial charge in [-0.2, -0.15) is 9.36 Å². The van der Waals surface area contributed by atoms with E-state index in [4.69, 9.17) is 0 Å². The van der Waals surface area contributed by atoms with Gasteiger partial charge in [-0.1, -0.05) is 0 Å². The molecule has 1 aliphatic rings. The molecule has 0 saturated carbocycles. The van der Waals surface area contributed by atoms with E-state index in [1.807, 2.05) is 11.4 Å². The number of hydrogen-bond acceptors (Lipinski definition) is 6. The highest BCUT2D eigenvalue weighted by atomic mass is 32.1. The Hall–Kier alpha value is -2.00. The fraction of sp³-hybridized carbons (Fsp3) is 0.538. The third-order valence-electron chi connectivity index (χ3n) is 3.60. The molecule has 118 valence electrons. The lowest BCUT2D eigenvalue weighted by Gasteiger charge is -2.14. The van der Waals surface area contributed by atoms with E-state index in [1.165, 1.54) is 28.9 Å². The summed E-state index contributed by atoms with van der Waals surface area (Å²) in [5.41, 5.74) is -0.405. The van der Waals surface area contributed by atoms with Crippen LogP contribution in [0, 0.1) is 0 Å². The predicted octanol–water partition coefficient (Wildman–Crippen LogP) is -0.297. The van der Waals surface area contributed by atoms with E-state index >= 15 is 0 Å². The van der Waals surface area contributed by atoms with Crippen LogP contribution in [0.3, 0.4) is 0 Å². The molecule has 0 atom stereocenters. The van der Waals surface area contributed by atoms with E-state index in [9.17, 15) is 9.59 Å². The lowest BCUT2D eigenvalue weighted by Crippen LogP contribution is -2.37. The first-order valence-electron chi connectivity index (χ1n) is 7.30. The number of amides is 1. The minimum Gasteiger partial charge on any atom is -0.353 e. The molecule has 1 amide bonds. The van der Waals surface area contributed by atoms with Crippen LogP contribution in [-0.2, 0) is 11.3 Å². The molecule has 0 unspecified atom stereocenters. The van der Waals surface area contributed by atoms with E-state index < -0.39 is 5.69 Å². The Kier molecular flexibility index (Phi) is 4.64. The summed E-state index contributed by atoms with van der Waals surface area (Å²) in [5.74, 6) is -0.223. The summed E-state index contributed by atoms with van der Waals surface area (Å²) in [7, 11) is 0. The summed E-state index contributed by atoms with van der Waals surface area (Å²) in [6, 6.07) is 3.61. The molecule has 3 rings (SSSR count). The van der Waals surface area contributed by atoms with Gasteiger partial charge in [0.1, 0.15) is 11.5 Å². The number of aromatic nitrogens is 4. The van der Waals surface area contributed by atoms with Crippen molar-refractivity contribution < 1.29 is 4.79 Å². The number of carbonyl (C=O) groups excluding carboxylic acids is 1. The number of nitrogens with zero attached hydrogens (tertiary/aromatic N) is 5. The second-order valence-electron chi connectivity index (χ2n) is 5.18. The maximum absolute atomic E-state index is 12.1. The largest absolute Gasteiger partial charge is 0.369 e. The smallest absolute Gasteiger partial charge is 0.353 e. The normalized spacial score (nSPS) is 15.3. The van der Waals surface area contributed by atoms with Crippen LogP contribution in [0.1, 0.15) is 12.8 Å². The summed E-state index contributed by atoms with van der Waals surface area (Å²) in [6.45, 7) is 3.54. The van der Waals surface area contributed by atoms with Crippen molar-refractivity contribution in [3.63, 3.8) is 0 Å². The average Bonchev–Trinajstić information content (AvgIpc) is 3.22. The molecule has 0 bridgehead atoms. The third-order valence-corrected chi connectivity index (χ3v) is 4.44. The Bertz CT molecular complexity index is 671. The van der Waals surface area contributed by atoms with E-state index in [-0.39, 0.29) is 12.5 Å². The maximum atomic E-state index is 12.1. The second-order valence-corrected chi connectivity index (χ2v) is 6.11. The molecular formula is C13H18N6O2S. The quantitative estimate of drug-likeness (QED) is 0.789. The van der Waals surface area contributed by atoms with Crippen LogP contribution in [0.4, 0.5) is 0 Å². The molecule has 1 N–H and O–H groups in total. The third kappa shape index (κ3) is 3.42. The Morgan fingerprint density at radius 1 is 1.32 bits per heavy atom. The predicted molar refractivity (Wildman–Crippen MR) is 82.2 cm³/mol. The zero-order valence-corrected chi connectivity index (χ0v) is 13.0. The van der Waals surface area contributed by atoms with Crippen LogP contribution in [-0.4, -0.2) is 56.8 Å².